The van der Waals surface area contributed by atoms with Crippen molar-refractivity contribution in [1.82, 2.24) is 5.32 Å². The summed E-state index contributed by atoms with van der Waals surface area (Å²) < 4.78 is 22.2. The van der Waals surface area contributed by atoms with Gasteiger partial charge in [-0.05, 0) is 83.0 Å². The molecule has 12 heteroatoms. The van der Waals surface area contributed by atoms with Gasteiger partial charge in [-0.15, -0.1) is 0 Å². The molecule has 0 radical (unpaired) electrons. The normalized spacial score (nSPS) is 14.0. The topological polar surface area (TPSA) is 132 Å². The number of methoxy groups -OCH3 is 2. The van der Waals surface area contributed by atoms with Crippen molar-refractivity contribution < 1.29 is 38.1 Å². The number of hydrogen-bond donors (Lipinski definition) is 2. The summed E-state index contributed by atoms with van der Waals surface area (Å²) in [5.74, 6) is -0.532. The van der Waals surface area contributed by atoms with Gasteiger partial charge in [-0.1, -0.05) is 12.1 Å². The Hall–Kier alpha value is -4.84. The van der Waals surface area contributed by atoms with Crippen LogP contribution in [0.4, 0.5) is 16.2 Å². The number of amides is 5. The highest BCUT2D eigenvalue weighted by Gasteiger charge is 2.37. The fraction of sp³-hybridized carbons (Fsp3) is 0.172. The highest BCUT2D eigenvalue weighted by Crippen LogP contribution is 2.37. The molecular formula is C29H26BrN3O8. The van der Waals surface area contributed by atoms with E-state index in [4.69, 9.17) is 18.9 Å². The summed E-state index contributed by atoms with van der Waals surface area (Å²) in [6.45, 7) is 1.96. The Morgan fingerprint density at radius 1 is 0.976 bits per heavy atom. The summed E-state index contributed by atoms with van der Waals surface area (Å²) in [6, 6.07) is 15.5. The van der Waals surface area contributed by atoms with Gasteiger partial charge in [0, 0.05) is 0 Å². The molecule has 1 heterocycles. The molecule has 11 nitrogen and oxygen atoms in total. The Morgan fingerprint density at radius 3 is 2.37 bits per heavy atom. The summed E-state index contributed by atoms with van der Waals surface area (Å²) >= 11 is 3.40. The molecule has 0 aliphatic carbocycles. The molecule has 0 saturated carbocycles. The third-order valence-corrected chi connectivity index (χ3v) is 6.39. The minimum atomic E-state index is -0.866. The zero-order valence-corrected chi connectivity index (χ0v) is 23.9. The van der Waals surface area contributed by atoms with Crippen molar-refractivity contribution in [2.45, 2.75) is 6.92 Å². The molecule has 0 unspecified atom stereocenters. The van der Waals surface area contributed by atoms with Crippen LogP contribution in [0.5, 0.6) is 23.0 Å². The first kappa shape index (κ1) is 29.2. The number of halogens is 1. The minimum Gasteiger partial charge on any atom is -0.495 e. The Morgan fingerprint density at radius 2 is 1.68 bits per heavy atom. The maximum Gasteiger partial charge on any atom is 0.335 e. The molecular weight excluding hydrogens is 598 g/mol. The van der Waals surface area contributed by atoms with E-state index < -0.39 is 23.8 Å². The van der Waals surface area contributed by atoms with Crippen molar-refractivity contribution in [3.8, 4) is 23.0 Å². The quantitative estimate of drug-likeness (QED) is 0.248. The Balaban J connectivity index is 1.54. The lowest BCUT2D eigenvalue weighted by Gasteiger charge is -2.26. The van der Waals surface area contributed by atoms with E-state index in [-0.39, 0.29) is 29.4 Å². The number of hydrogen-bond acceptors (Lipinski definition) is 8. The number of anilines is 2. The van der Waals surface area contributed by atoms with Crippen LogP contribution in [0, 0.1) is 0 Å². The monoisotopic (exact) mass is 623 g/mol. The highest BCUT2D eigenvalue weighted by atomic mass is 79.9. The second-order valence-corrected chi connectivity index (χ2v) is 9.31. The van der Waals surface area contributed by atoms with E-state index in [9.17, 15) is 19.2 Å². The van der Waals surface area contributed by atoms with Crippen molar-refractivity contribution >= 4 is 57.1 Å². The Labute approximate surface area is 244 Å². The average Bonchev–Trinajstić information content (AvgIpc) is 2.95. The van der Waals surface area contributed by atoms with Crippen LogP contribution in [0.3, 0.4) is 0 Å². The van der Waals surface area contributed by atoms with Gasteiger partial charge in [0.15, 0.2) is 18.1 Å². The maximum atomic E-state index is 13.3. The van der Waals surface area contributed by atoms with Crippen molar-refractivity contribution in [2.75, 3.05) is 37.7 Å². The fourth-order valence-corrected chi connectivity index (χ4v) is 4.53. The first-order valence-electron chi connectivity index (χ1n) is 12.3. The second kappa shape index (κ2) is 13.0. The zero-order chi connectivity index (χ0) is 29.5. The molecule has 1 saturated heterocycles. The molecule has 2 N–H and O–H groups in total. The number of rotatable bonds is 10. The zero-order valence-electron chi connectivity index (χ0n) is 22.4. The van der Waals surface area contributed by atoms with Gasteiger partial charge in [-0.2, -0.15) is 0 Å². The van der Waals surface area contributed by atoms with Crippen LogP contribution in [0.1, 0.15) is 12.5 Å². The number of para-hydroxylation sites is 2. The van der Waals surface area contributed by atoms with Gasteiger partial charge in [0.05, 0.1) is 36.7 Å². The number of ether oxygens (including phenoxy) is 4. The molecule has 3 aromatic rings. The van der Waals surface area contributed by atoms with Crippen LogP contribution in [0.25, 0.3) is 6.08 Å². The molecule has 4 rings (SSSR count). The van der Waals surface area contributed by atoms with Crippen LogP contribution < -0.4 is 34.5 Å². The highest BCUT2D eigenvalue weighted by molar-refractivity contribution is 9.10. The van der Waals surface area contributed by atoms with Crippen LogP contribution in [-0.4, -0.2) is 51.2 Å². The lowest BCUT2D eigenvalue weighted by atomic mass is 10.1. The van der Waals surface area contributed by atoms with Crippen molar-refractivity contribution in [3.63, 3.8) is 0 Å². The lowest BCUT2D eigenvalue weighted by Crippen LogP contribution is -2.54. The molecule has 0 spiro atoms. The summed E-state index contributed by atoms with van der Waals surface area (Å²) in [4.78, 5) is 51.8. The van der Waals surface area contributed by atoms with Gasteiger partial charge >= 0.3 is 6.03 Å². The third kappa shape index (κ3) is 6.67. The number of carbonyl (C=O) groups is 4. The smallest absolute Gasteiger partial charge is 0.335 e. The third-order valence-electron chi connectivity index (χ3n) is 5.80. The molecule has 1 fully saturated rings. The van der Waals surface area contributed by atoms with Gasteiger partial charge in [0.25, 0.3) is 17.7 Å². The minimum absolute atomic E-state index is 0.232. The number of imide groups is 2. The number of nitrogens with zero attached hydrogens (tertiary/aromatic N) is 1. The standard InChI is InChI=1S/C29H26BrN3O8/c1-4-40-19-11-9-18(10-12-19)33-28(36)20(27(35)32-29(33)37)13-17-14-21(30)26(24(15-17)39-3)41-16-25(34)31-22-7-5-6-8-23(22)38-2/h5-15H,4,16H2,1-3H3,(H,31,34)(H,32,35,37)/b20-13+. The van der Waals surface area contributed by atoms with Crippen LogP contribution >= 0.6 is 15.9 Å². The number of barbiturate groups is 1. The predicted molar refractivity (Wildman–Crippen MR) is 154 cm³/mol. The molecule has 1 aliphatic rings. The first-order valence-corrected chi connectivity index (χ1v) is 13.1. The SMILES string of the molecule is CCOc1ccc(N2C(=O)NC(=O)/C(=C\c3cc(Br)c(OCC(=O)Nc4ccccc4OC)c(OC)c3)C2=O)cc1. The average molecular weight is 624 g/mol. The summed E-state index contributed by atoms with van der Waals surface area (Å²) in [6.07, 6.45) is 1.33. The lowest BCUT2D eigenvalue weighted by molar-refractivity contribution is -0.122. The summed E-state index contributed by atoms with van der Waals surface area (Å²) in [7, 11) is 2.91. The molecule has 0 bridgehead atoms. The van der Waals surface area contributed by atoms with Crippen molar-refractivity contribution in [3.05, 3.63) is 76.3 Å². The molecule has 5 amide bonds. The van der Waals surface area contributed by atoms with E-state index in [0.29, 0.717) is 33.8 Å². The number of carbonyl (C=O) groups excluding carboxylic acids is 4. The molecule has 1 aliphatic heterocycles. The maximum absolute atomic E-state index is 13.3. The molecule has 0 aromatic heterocycles. The first-order chi connectivity index (χ1) is 19.7. The summed E-state index contributed by atoms with van der Waals surface area (Å²) in [5.41, 5.74) is 0.893. The van der Waals surface area contributed by atoms with Gasteiger partial charge in [0.1, 0.15) is 17.1 Å². The molecule has 41 heavy (non-hydrogen) atoms. The van der Waals surface area contributed by atoms with E-state index in [1.807, 2.05) is 6.92 Å². The van der Waals surface area contributed by atoms with Crippen molar-refractivity contribution in [2.24, 2.45) is 0 Å². The van der Waals surface area contributed by atoms with E-state index in [2.05, 4.69) is 26.6 Å². The van der Waals surface area contributed by atoms with E-state index >= 15 is 0 Å². The van der Waals surface area contributed by atoms with Gasteiger partial charge in [-0.3, -0.25) is 19.7 Å². The Bertz CT molecular complexity index is 1520. The largest absolute Gasteiger partial charge is 0.495 e. The van der Waals surface area contributed by atoms with Crippen molar-refractivity contribution in [1.29, 1.82) is 0 Å². The number of urea groups is 1. The fourth-order valence-electron chi connectivity index (χ4n) is 3.95. The van der Waals surface area contributed by atoms with E-state index in [0.717, 1.165) is 4.90 Å². The van der Waals surface area contributed by atoms with Gasteiger partial charge < -0.3 is 24.3 Å². The summed E-state index contributed by atoms with van der Waals surface area (Å²) in [5, 5.41) is 4.91. The van der Waals surface area contributed by atoms with Gasteiger partial charge in [-0.25, -0.2) is 9.69 Å². The second-order valence-electron chi connectivity index (χ2n) is 8.46. The number of nitrogens with one attached hydrogen (secondary N) is 2. The molecule has 3 aromatic carbocycles. The van der Waals surface area contributed by atoms with Crippen LogP contribution in [0.2, 0.25) is 0 Å². The van der Waals surface area contributed by atoms with Gasteiger partial charge in [0.2, 0.25) is 0 Å². The number of benzene rings is 3. The van der Waals surface area contributed by atoms with E-state index in [1.165, 1.54) is 26.4 Å². The molecule has 212 valence electrons. The Kier molecular flexibility index (Phi) is 9.25. The molecule has 0 atom stereocenters. The van der Waals surface area contributed by atoms with Crippen LogP contribution in [-0.2, 0) is 14.4 Å². The predicted octanol–water partition coefficient (Wildman–Crippen LogP) is 4.55. The van der Waals surface area contributed by atoms with Crippen LogP contribution in [0.15, 0.2) is 70.7 Å². The van der Waals surface area contributed by atoms with E-state index in [1.54, 1.807) is 54.6 Å².